The van der Waals surface area contributed by atoms with Crippen molar-refractivity contribution in [2.45, 2.75) is 25.8 Å². The molecule has 0 bridgehead atoms. The van der Waals surface area contributed by atoms with Crippen molar-refractivity contribution in [1.82, 2.24) is 9.47 Å². The monoisotopic (exact) mass is 358 g/mol. The number of fused-ring (bicyclic) bond motifs is 3. The molecule has 2 aromatic carbocycles. The zero-order valence-corrected chi connectivity index (χ0v) is 15.4. The van der Waals surface area contributed by atoms with E-state index in [4.69, 9.17) is 23.2 Å². The molecule has 1 aromatic heterocycles. The van der Waals surface area contributed by atoms with Crippen LogP contribution < -0.4 is 0 Å². The lowest BCUT2D eigenvalue weighted by atomic mass is 9.96. The van der Waals surface area contributed by atoms with Gasteiger partial charge in [0, 0.05) is 33.4 Å². The number of hydrogen-bond acceptors (Lipinski definition) is 1. The summed E-state index contributed by atoms with van der Waals surface area (Å²) in [5, 5.41) is 2.83. The van der Waals surface area contributed by atoms with E-state index < -0.39 is 0 Å². The van der Waals surface area contributed by atoms with Gasteiger partial charge in [-0.1, -0.05) is 30.1 Å². The van der Waals surface area contributed by atoms with Crippen molar-refractivity contribution in [1.29, 1.82) is 0 Å². The average Bonchev–Trinajstić information content (AvgIpc) is 2.89. The lowest BCUT2D eigenvalue weighted by Gasteiger charge is -2.33. The Labute approximate surface area is 152 Å². The summed E-state index contributed by atoms with van der Waals surface area (Å²) < 4.78 is 2.39. The molecular formula is C20H20Cl2N2. The summed E-state index contributed by atoms with van der Waals surface area (Å²) in [6.45, 7) is 3.34. The van der Waals surface area contributed by atoms with Crippen LogP contribution in [0, 0.1) is 0 Å². The highest BCUT2D eigenvalue weighted by Gasteiger charge is 2.30. The molecule has 0 fully saturated rings. The Hall–Kier alpha value is -1.48. The van der Waals surface area contributed by atoms with Gasteiger partial charge in [0.2, 0.25) is 0 Å². The fourth-order valence-corrected chi connectivity index (χ4v) is 4.28. The minimum Gasteiger partial charge on any atom is -0.312 e. The summed E-state index contributed by atoms with van der Waals surface area (Å²) in [6, 6.07) is 14.7. The molecule has 0 saturated carbocycles. The number of benzene rings is 2. The zero-order chi connectivity index (χ0) is 16.8. The Kier molecular flexibility index (Phi) is 4.07. The minimum absolute atomic E-state index is 0.413. The van der Waals surface area contributed by atoms with E-state index in [2.05, 4.69) is 47.7 Å². The number of halogens is 2. The van der Waals surface area contributed by atoms with Crippen molar-refractivity contribution < 1.29 is 0 Å². The van der Waals surface area contributed by atoms with Crippen LogP contribution in [-0.4, -0.2) is 23.1 Å². The van der Waals surface area contributed by atoms with Crippen molar-refractivity contribution in [3.05, 3.63) is 63.8 Å². The van der Waals surface area contributed by atoms with Crippen LogP contribution in [0.4, 0.5) is 0 Å². The van der Waals surface area contributed by atoms with E-state index in [1.54, 1.807) is 0 Å². The van der Waals surface area contributed by atoms with E-state index in [0.29, 0.717) is 6.04 Å². The highest BCUT2D eigenvalue weighted by atomic mass is 35.5. The Morgan fingerprint density at radius 2 is 1.75 bits per heavy atom. The third kappa shape index (κ3) is 2.45. The van der Waals surface area contributed by atoms with Crippen LogP contribution in [0.1, 0.15) is 30.6 Å². The normalized spacial score (nSPS) is 18.1. The van der Waals surface area contributed by atoms with E-state index in [-0.39, 0.29) is 0 Å². The van der Waals surface area contributed by atoms with Gasteiger partial charge >= 0.3 is 0 Å². The van der Waals surface area contributed by atoms with Gasteiger partial charge in [0.05, 0.1) is 11.6 Å². The van der Waals surface area contributed by atoms with E-state index in [1.807, 2.05) is 18.2 Å². The summed E-state index contributed by atoms with van der Waals surface area (Å²) in [4.78, 5) is 2.45. The van der Waals surface area contributed by atoms with Gasteiger partial charge in [0.1, 0.15) is 0 Å². The SMILES string of the molecule is CCC1c2c(c3cc(Cl)ccc3n2-c2ccc(Cl)cc2)CCN1C. The summed E-state index contributed by atoms with van der Waals surface area (Å²) in [5.74, 6) is 0. The van der Waals surface area contributed by atoms with Gasteiger partial charge in [-0.15, -0.1) is 0 Å². The highest BCUT2D eigenvalue weighted by Crippen LogP contribution is 2.40. The number of rotatable bonds is 2. The van der Waals surface area contributed by atoms with E-state index in [1.165, 1.54) is 22.2 Å². The second-order valence-corrected chi connectivity index (χ2v) is 7.36. The zero-order valence-electron chi connectivity index (χ0n) is 13.9. The van der Waals surface area contributed by atoms with Crippen molar-refractivity contribution in [3.8, 4) is 5.69 Å². The molecule has 1 aliphatic rings. The lowest BCUT2D eigenvalue weighted by Crippen LogP contribution is -2.32. The molecule has 4 rings (SSSR count). The fraction of sp³-hybridized carbons (Fsp3) is 0.300. The Bertz CT molecular complexity index is 896. The quantitative estimate of drug-likeness (QED) is 0.555. The Morgan fingerprint density at radius 3 is 2.46 bits per heavy atom. The molecule has 2 heterocycles. The summed E-state index contributed by atoms with van der Waals surface area (Å²) in [7, 11) is 2.22. The molecule has 1 atom stereocenters. The van der Waals surface area contributed by atoms with Gasteiger partial charge in [-0.05, 0) is 67.9 Å². The molecule has 0 saturated heterocycles. The van der Waals surface area contributed by atoms with Crippen molar-refractivity contribution >= 4 is 34.1 Å². The molecule has 4 heteroatoms. The molecule has 1 aliphatic heterocycles. The maximum Gasteiger partial charge on any atom is 0.0536 e. The molecule has 124 valence electrons. The first-order chi connectivity index (χ1) is 11.6. The summed E-state index contributed by atoms with van der Waals surface area (Å²) in [6.07, 6.45) is 2.14. The third-order valence-electron chi connectivity index (χ3n) is 5.11. The molecular weight excluding hydrogens is 339 g/mol. The van der Waals surface area contributed by atoms with Crippen LogP contribution in [0.15, 0.2) is 42.5 Å². The number of aromatic nitrogens is 1. The molecule has 0 radical (unpaired) electrons. The minimum atomic E-state index is 0.413. The highest BCUT2D eigenvalue weighted by molar-refractivity contribution is 6.31. The molecule has 2 nitrogen and oxygen atoms in total. The van der Waals surface area contributed by atoms with Crippen LogP contribution in [0.25, 0.3) is 16.6 Å². The first-order valence-corrected chi connectivity index (χ1v) is 9.14. The largest absolute Gasteiger partial charge is 0.312 e. The van der Waals surface area contributed by atoms with Crippen LogP contribution in [0.3, 0.4) is 0 Å². The summed E-state index contributed by atoms with van der Waals surface area (Å²) >= 11 is 12.4. The van der Waals surface area contributed by atoms with Crippen LogP contribution in [0.2, 0.25) is 10.0 Å². The van der Waals surface area contributed by atoms with Crippen LogP contribution in [-0.2, 0) is 6.42 Å². The predicted molar refractivity (Wildman–Crippen MR) is 103 cm³/mol. The smallest absolute Gasteiger partial charge is 0.0536 e. The first-order valence-electron chi connectivity index (χ1n) is 8.39. The van der Waals surface area contributed by atoms with E-state index in [9.17, 15) is 0 Å². The fourth-order valence-electron chi connectivity index (χ4n) is 3.99. The molecule has 24 heavy (non-hydrogen) atoms. The van der Waals surface area contributed by atoms with Crippen molar-refractivity contribution in [2.24, 2.45) is 0 Å². The topological polar surface area (TPSA) is 8.17 Å². The number of nitrogens with zero attached hydrogens (tertiary/aromatic N) is 2. The average molecular weight is 359 g/mol. The van der Waals surface area contributed by atoms with Crippen LogP contribution in [0.5, 0.6) is 0 Å². The molecule has 0 aliphatic carbocycles. The van der Waals surface area contributed by atoms with Crippen molar-refractivity contribution in [2.75, 3.05) is 13.6 Å². The number of hydrogen-bond donors (Lipinski definition) is 0. The standard InChI is InChI=1S/C20H20Cl2N2/c1-3-18-20-16(10-11-23(18)2)17-12-14(22)6-9-19(17)24(20)15-7-4-13(21)5-8-15/h4-9,12,18H,3,10-11H2,1-2H3. The number of likely N-dealkylation sites (N-methyl/N-ethyl adjacent to an activating group) is 1. The lowest BCUT2D eigenvalue weighted by molar-refractivity contribution is 0.219. The van der Waals surface area contributed by atoms with Gasteiger partial charge in [-0.2, -0.15) is 0 Å². The molecule has 0 N–H and O–H groups in total. The second kappa shape index (κ2) is 6.11. The maximum absolute atomic E-state index is 6.30. The van der Waals surface area contributed by atoms with Gasteiger partial charge in [0.25, 0.3) is 0 Å². The van der Waals surface area contributed by atoms with Gasteiger partial charge < -0.3 is 4.57 Å². The molecule has 1 unspecified atom stereocenters. The maximum atomic E-state index is 6.30. The Balaban J connectivity index is 2.07. The van der Waals surface area contributed by atoms with Crippen LogP contribution >= 0.6 is 23.2 Å². The van der Waals surface area contributed by atoms with E-state index >= 15 is 0 Å². The van der Waals surface area contributed by atoms with E-state index in [0.717, 1.165) is 35.1 Å². The summed E-state index contributed by atoms with van der Waals surface area (Å²) in [5.41, 5.74) is 5.21. The van der Waals surface area contributed by atoms with Crippen molar-refractivity contribution in [3.63, 3.8) is 0 Å². The molecule has 0 amide bonds. The second-order valence-electron chi connectivity index (χ2n) is 6.49. The third-order valence-corrected chi connectivity index (χ3v) is 5.60. The Morgan fingerprint density at radius 1 is 1.04 bits per heavy atom. The van der Waals surface area contributed by atoms with Gasteiger partial charge in [-0.25, -0.2) is 0 Å². The van der Waals surface area contributed by atoms with Gasteiger partial charge in [-0.3, -0.25) is 4.90 Å². The molecule has 0 spiro atoms. The van der Waals surface area contributed by atoms with Gasteiger partial charge in [0.15, 0.2) is 0 Å². The first kappa shape index (κ1) is 16.0. The predicted octanol–water partition coefficient (Wildman–Crippen LogP) is 5.88. The molecule has 3 aromatic rings.